The van der Waals surface area contributed by atoms with E-state index in [1.807, 2.05) is 53.4 Å². The molecule has 0 amide bonds. The molecule has 0 saturated carbocycles. The first-order valence-electron chi connectivity index (χ1n) is 11.3. The summed E-state index contributed by atoms with van der Waals surface area (Å²) in [4.78, 5) is 19.7. The molecule has 2 heterocycles. The molecule has 5 rings (SSSR count). The molecule has 0 unspecified atom stereocenters. The maximum absolute atomic E-state index is 13.2. The Hall–Kier alpha value is -3.84. The molecule has 1 aromatic heterocycles. The monoisotopic (exact) mass is 459 g/mol. The van der Waals surface area contributed by atoms with E-state index in [2.05, 4.69) is 9.88 Å². The predicted molar refractivity (Wildman–Crippen MR) is 130 cm³/mol. The third-order valence-electron chi connectivity index (χ3n) is 6.33. The second-order valence-electron chi connectivity index (χ2n) is 8.47. The van der Waals surface area contributed by atoms with Gasteiger partial charge in [-0.25, -0.2) is 4.39 Å². The van der Waals surface area contributed by atoms with E-state index in [1.54, 1.807) is 18.3 Å². The van der Waals surface area contributed by atoms with Gasteiger partial charge < -0.3 is 19.7 Å². The summed E-state index contributed by atoms with van der Waals surface area (Å²) in [6, 6.07) is 21.3. The maximum atomic E-state index is 13.2. The fraction of sp³-hybridized carbons (Fsp3) is 0.222. The zero-order chi connectivity index (χ0) is 23.5. The summed E-state index contributed by atoms with van der Waals surface area (Å²) in [7, 11) is 0. The lowest BCUT2D eigenvalue weighted by Gasteiger charge is -2.38. The van der Waals surface area contributed by atoms with Crippen LogP contribution in [0.25, 0.3) is 10.9 Å². The second kappa shape index (κ2) is 9.57. The number of ether oxygens (including phenoxy) is 1. The Kier molecular flexibility index (Phi) is 6.18. The molecule has 1 atom stereocenters. The minimum absolute atomic E-state index is 0.263. The van der Waals surface area contributed by atoms with Gasteiger partial charge in [0.1, 0.15) is 24.2 Å². The van der Waals surface area contributed by atoms with Crippen molar-refractivity contribution in [3.8, 4) is 5.75 Å². The largest absolute Gasteiger partial charge is 0.489 e. The van der Waals surface area contributed by atoms with Crippen LogP contribution in [-0.4, -0.2) is 47.1 Å². The summed E-state index contributed by atoms with van der Waals surface area (Å²) >= 11 is 0. The Morgan fingerprint density at radius 1 is 1.00 bits per heavy atom. The number of fused-ring (bicyclic) bond motifs is 1. The highest BCUT2D eigenvalue weighted by atomic mass is 19.1. The molecular weight excluding hydrogens is 433 g/mol. The normalized spacial score (nSPS) is 15.4. The number of nitrogens with zero attached hydrogens (tertiary/aromatic N) is 2. The summed E-state index contributed by atoms with van der Waals surface area (Å²) in [6.45, 7) is 3.01. The first-order chi connectivity index (χ1) is 16.6. The highest BCUT2D eigenvalue weighted by molar-refractivity contribution is 5.90. The van der Waals surface area contributed by atoms with Crippen LogP contribution in [0, 0.1) is 5.82 Å². The summed E-state index contributed by atoms with van der Waals surface area (Å²) in [5, 5.41) is 11.0. The summed E-state index contributed by atoms with van der Waals surface area (Å²) in [6.07, 6.45) is 1.79. The number of aliphatic carboxylic acids is 1. The van der Waals surface area contributed by atoms with Crippen molar-refractivity contribution in [1.29, 1.82) is 0 Å². The van der Waals surface area contributed by atoms with Crippen molar-refractivity contribution in [2.24, 2.45) is 0 Å². The number of benzene rings is 3. The molecule has 2 N–H and O–H groups in total. The Morgan fingerprint density at radius 3 is 2.44 bits per heavy atom. The number of H-pyrrole nitrogens is 1. The van der Waals surface area contributed by atoms with E-state index in [-0.39, 0.29) is 5.82 Å². The van der Waals surface area contributed by atoms with Gasteiger partial charge in [-0.3, -0.25) is 9.69 Å². The molecule has 0 spiro atoms. The Morgan fingerprint density at radius 2 is 1.74 bits per heavy atom. The van der Waals surface area contributed by atoms with Gasteiger partial charge >= 0.3 is 5.97 Å². The van der Waals surface area contributed by atoms with Gasteiger partial charge in [0, 0.05) is 60.6 Å². The zero-order valence-electron chi connectivity index (χ0n) is 18.7. The lowest BCUT2D eigenvalue weighted by atomic mass is 10.0. The lowest BCUT2D eigenvalue weighted by Crippen LogP contribution is -2.49. The van der Waals surface area contributed by atoms with Gasteiger partial charge in [0.2, 0.25) is 0 Å². The van der Waals surface area contributed by atoms with Crippen molar-refractivity contribution < 1.29 is 19.0 Å². The van der Waals surface area contributed by atoms with E-state index in [9.17, 15) is 14.3 Å². The number of carbonyl (C=O) groups is 1. The lowest BCUT2D eigenvalue weighted by molar-refractivity contribution is -0.143. The average Bonchev–Trinajstić information content (AvgIpc) is 3.27. The maximum Gasteiger partial charge on any atom is 0.325 e. The van der Waals surface area contributed by atoms with E-state index in [1.165, 1.54) is 12.1 Å². The fourth-order valence-electron chi connectivity index (χ4n) is 4.56. The number of hydrogen-bond donors (Lipinski definition) is 2. The van der Waals surface area contributed by atoms with Crippen LogP contribution >= 0.6 is 0 Å². The Labute approximate surface area is 197 Å². The smallest absolute Gasteiger partial charge is 0.325 e. The van der Waals surface area contributed by atoms with Crippen LogP contribution in [0.3, 0.4) is 0 Å². The van der Waals surface area contributed by atoms with Crippen LogP contribution in [0.4, 0.5) is 10.1 Å². The van der Waals surface area contributed by atoms with E-state index < -0.39 is 12.0 Å². The van der Waals surface area contributed by atoms with Crippen molar-refractivity contribution in [3.05, 3.63) is 95.9 Å². The standard InChI is InChI=1S/C27H26FN3O3/c28-20-6-8-21(9-7-20)30-12-14-31(15-13-30)26(27(32)33)24-17-29-25-16-22(10-11-23(24)25)34-18-19-4-2-1-3-5-19/h1-11,16-17,26,29H,12-15,18H2,(H,32,33)/t26-/m1/s1. The topological polar surface area (TPSA) is 68.8 Å². The van der Waals surface area contributed by atoms with Crippen molar-refractivity contribution in [3.63, 3.8) is 0 Å². The van der Waals surface area contributed by atoms with E-state index >= 15 is 0 Å². The summed E-state index contributed by atoms with van der Waals surface area (Å²) in [5.41, 5.74) is 3.62. The number of aromatic amines is 1. The Bertz CT molecular complexity index is 1270. The van der Waals surface area contributed by atoms with Gasteiger partial charge in [0.25, 0.3) is 0 Å². The molecule has 6 nitrogen and oxygen atoms in total. The van der Waals surface area contributed by atoms with E-state index in [0.29, 0.717) is 32.8 Å². The number of nitrogens with one attached hydrogen (secondary N) is 1. The number of hydrogen-bond acceptors (Lipinski definition) is 4. The minimum Gasteiger partial charge on any atom is -0.489 e. The van der Waals surface area contributed by atoms with Crippen LogP contribution in [0.2, 0.25) is 0 Å². The number of aromatic nitrogens is 1. The third-order valence-corrected chi connectivity index (χ3v) is 6.33. The number of carboxylic acids is 1. The molecule has 1 aliphatic rings. The molecule has 1 aliphatic heterocycles. The highest BCUT2D eigenvalue weighted by Crippen LogP contribution is 2.32. The van der Waals surface area contributed by atoms with Gasteiger partial charge in [-0.2, -0.15) is 0 Å². The van der Waals surface area contributed by atoms with Crippen molar-refractivity contribution in [1.82, 2.24) is 9.88 Å². The quantitative estimate of drug-likeness (QED) is 0.414. The van der Waals surface area contributed by atoms with Gasteiger partial charge in [-0.1, -0.05) is 30.3 Å². The van der Waals surface area contributed by atoms with Crippen LogP contribution in [0.15, 0.2) is 79.0 Å². The van der Waals surface area contributed by atoms with Gasteiger partial charge in [0.15, 0.2) is 0 Å². The van der Waals surface area contributed by atoms with Crippen LogP contribution < -0.4 is 9.64 Å². The summed E-state index contributed by atoms with van der Waals surface area (Å²) in [5.74, 6) is -0.411. The molecule has 34 heavy (non-hydrogen) atoms. The highest BCUT2D eigenvalue weighted by Gasteiger charge is 2.32. The Balaban J connectivity index is 1.30. The van der Waals surface area contributed by atoms with Crippen molar-refractivity contribution in [2.75, 3.05) is 31.1 Å². The van der Waals surface area contributed by atoms with Crippen molar-refractivity contribution >= 4 is 22.6 Å². The van der Waals surface area contributed by atoms with Crippen molar-refractivity contribution in [2.45, 2.75) is 12.6 Å². The molecule has 0 radical (unpaired) electrons. The van der Waals surface area contributed by atoms with Gasteiger partial charge in [-0.15, -0.1) is 0 Å². The second-order valence-corrected chi connectivity index (χ2v) is 8.47. The molecule has 0 aliphatic carbocycles. The molecule has 4 aromatic rings. The molecule has 0 bridgehead atoms. The number of piperazine rings is 1. The molecule has 1 fully saturated rings. The molecule has 174 valence electrons. The first-order valence-corrected chi connectivity index (χ1v) is 11.3. The number of rotatable bonds is 7. The molecule has 7 heteroatoms. The predicted octanol–water partition coefficient (Wildman–Crippen LogP) is 4.83. The SMILES string of the molecule is O=C(O)[C@@H](c1c[nH]c2cc(OCc3ccccc3)ccc12)N1CCN(c2ccc(F)cc2)CC1. The average molecular weight is 460 g/mol. The first kappa shape index (κ1) is 22.0. The van der Waals surface area contributed by atoms with E-state index in [4.69, 9.17) is 4.74 Å². The fourth-order valence-corrected chi connectivity index (χ4v) is 4.56. The number of anilines is 1. The number of halogens is 1. The van der Waals surface area contributed by atoms with Crippen LogP contribution in [0.5, 0.6) is 5.75 Å². The van der Waals surface area contributed by atoms with E-state index in [0.717, 1.165) is 33.5 Å². The summed E-state index contributed by atoms with van der Waals surface area (Å²) < 4.78 is 19.2. The molecule has 3 aromatic carbocycles. The third kappa shape index (κ3) is 4.61. The van der Waals surface area contributed by atoms with Gasteiger partial charge in [-0.05, 0) is 42.0 Å². The van der Waals surface area contributed by atoms with Gasteiger partial charge in [0.05, 0.1) is 0 Å². The number of carboxylic acid groups (broad SMARTS) is 1. The van der Waals surface area contributed by atoms with Crippen LogP contribution in [-0.2, 0) is 11.4 Å². The minimum atomic E-state index is -0.875. The molecule has 1 saturated heterocycles. The molecular formula is C27H26FN3O3. The van der Waals surface area contributed by atoms with Crippen LogP contribution in [0.1, 0.15) is 17.2 Å². The zero-order valence-corrected chi connectivity index (χ0v) is 18.7.